The molecule has 2 aromatic carbocycles. The van der Waals surface area contributed by atoms with E-state index < -0.39 is 0 Å². The number of rotatable bonds is 7. The molecular weight excluding hydrogens is 396 g/mol. The van der Waals surface area contributed by atoms with Crippen molar-refractivity contribution < 1.29 is 9.84 Å². The first-order valence-electron chi connectivity index (χ1n) is 9.82. The highest BCUT2D eigenvalue weighted by molar-refractivity contribution is 7.80. The van der Waals surface area contributed by atoms with Gasteiger partial charge < -0.3 is 20.5 Å². The van der Waals surface area contributed by atoms with Crippen molar-refractivity contribution in [1.29, 1.82) is 0 Å². The van der Waals surface area contributed by atoms with E-state index in [1.54, 1.807) is 0 Å². The van der Waals surface area contributed by atoms with Crippen LogP contribution in [0.1, 0.15) is 24.0 Å². The number of ether oxygens (including phenoxy) is 1. The Kier molecular flexibility index (Phi) is 7.07. The van der Waals surface area contributed by atoms with Crippen LogP contribution in [0.5, 0.6) is 5.75 Å². The lowest BCUT2D eigenvalue weighted by molar-refractivity contribution is 0.301. The standard InChI is InChI=1S/C23H28N4O2S/c1-15(25-26-23(24)30)18(13-27(2)3)21(16-9-5-4-6-10-16)19-14-29-20-12-8-7-11-17(20)22(19)28/h4-12,18,21,28H,13-14H2,1-3H3,(H3,24,26,30). The molecule has 3 rings (SSSR count). The number of nitrogens with two attached hydrogens (primary N) is 1. The summed E-state index contributed by atoms with van der Waals surface area (Å²) in [6, 6.07) is 17.7. The van der Waals surface area contributed by atoms with Gasteiger partial charge in [0.1, 0.15) is 18.1 Å². The van der Waals surface area contributed by atoms with E-state index in [0.29, 0.717) is 24.5 Å². The fraction of sp³-hybridized carbons (Fsp3) is 0.304. The lowest BCUT2D eigenvalue weighted by atomic mass is 9.76. The van der Waals surface area contributed by atoms with Gasteiger partial charge in [0.15, 0.2) is 5.11 Å². The zero-order chi connectivity index (χ0) is 21.7. The van der Waals surface area contributed by atoms with Gasteiger partial charge in [0, 0.05) is 29.7 Å². The fourth-order valence-corrected chi connectivity index (χ4v) is 3.90. The maximum absolute atomic E-state index is 11.2. The van der Waals surface area contributed by atoms with Gasteiger partial charge in [-0.1, -0.05) is 42.5 Å². The number of benzene rings is 2. The number of nitrogens with zero attached hydrogens (tertiary/aromatic N) is 2. The van der Waals surface area contributed by atoms with E-state index in [4.69, 9.17) is 22.7 Å². The second-order valence-corrected chi connectivity index (χ2v) is 8.08. The molecule has 30 heavy (non-hydrogen) atoms. The Bertz CT molecular complexity index is 957. The minimum Gasteiger partial charge on any atom is -0.507 e. The molecule has 0 saturated heterocycles. The van der Waals surface area contributed by atoms with Crippen LogP contribution >= 0.6 is 12.2 Å². The third-order valence-electron chi connectivity index (χ3n) is 5.21. The third-order valence-corrected chi connectivity index (χ3v) is 5.30. The number of fused-ring (bicyclic) bond motifs is 1. The van der Waals surface area contributed by atoms with Crippen molar-refractivity contribution in [3.63, 3.8) is 0 Å². The van der Waals surface area contributed by atoms with Crippen LogP contribution in [-0.2, 0) is 0 Å². The van der Waals surface area contributed by atoms with Crippen molar-refractivity contribution in [2.75, 3.05) is 27.2 Å². The number of thiocarbonyl (C=S) groups is 1. The van der Waals surface area contributed by atoms with Crippen LogP contribution in [0.15, 0.2) is 65.3 Å². The minimum absolute atomic E-state index is 0.0461. The summed E-state index contributed by atoms with van der Waals surface area (Å²) in [4.78, 5) is 2.11. The van der Waals surface area contributed by atoms with E-state index in [-0.39, 0.29) is 22.7 Å². The molecule has 158 valence electrons. The number of hydrazone groups is 1. The summed E-state index contributed by atoms with van der Waals surface area (Å²) < 4.78 is 6.01. The van der Waals surface area contributed by atoms with Crippen LogP contribution in [0, 0.1) is 5.92 Å². The number of hydrogen-bond acceptors (Lipinski definition) is 5. The van der Waals surface area contributed by atoms with Crippen molar-refractivity contribution in [1.82, 2.24) is 10.3 Å². The van der Waals surface area contributed by atoms with Crippen LogP contribution in [0.3, 0.4) is 0 Å². The third kappa shape index (κ3) is 4.98. The van der Waals surface area contributed by atoms with Crippen molar-refractivity contribution in [3.8, 4) is 5.75 Å². The average molecular weight is 425 g/mol. The van der Waals surface area contributed by atoms with Gasteiger partial charge in [0.05, 0.1) is 5.56 Å². The van der Waals surface area contributed by atoms with Gasteiger partial charge in [0.2, 0.25) is 0 Å². The van der Waals surface area contributed by atoms with Crippen molar-refractivity contribution in [3.05, 3.63) is 71.3 Å². The summed E-state index contributed by atoms with van der Waals surface area (Å²) in [5.41, 5.74) is 11.7. The molecule has 6 nitrogen and oxygen atoms in total. The zero-order valence-electron chi connectivity index (χ0n) is 17.5. The molecule has 1 aliphatic rings. The predicted octanol–water partition coefficient (Wildman–Crippen LogP) is 3.52. The van der Waals surface area contributed by atoms with Crippen molar-refractivity contribution in [2.24, 2.45) is 16.8 Å². The van der Waals surface area contributed by atoms with Gasteiger partial charge in [-0.2, -0.15) is 5.10 Å². The van der Waals surface area contributed by atoms with Crippen molar-refractivity contribution >= 4 is 28.8 Å². The highest BCUT2D eigenvalue weighted by Crippen LogP contribution is 2.41. The van der Waals surface area contributed by atoms with Crippen LogP contribution < -0.4 is 15.9 Å². The number of nitrogens with one attached hydrogen (secondary N) is 1. The largest absolute Gasteiger partial charge is 0.507 e. The summed E-state index contributed by atoms with van der Waals surface area (Å²) in [6.45, 7) is 2.97. The first-order valence-corrected chi connectivity index (χ1v) is 10.2. The predicted molar refractivity (Wildman–Crippen MR) is 126 cm³/mol. The zero-order valence-corrected chi connectivity index (χ0v) is 18.3. The molecule has 7 heteroatoms. The molecule has 2 atom stereocenters. The maximum Gasteiger partial charge on any atom is 0.184 e. The Balaban J connectivity index is 2.14. The van der Waals surface area contributed by atoms with E-state index >= 15 is 0 Å². The maximum atomic E-state index is 11.2. The van der Waals surface area contributed by atoms with Gasteiger partial charge in [-0.25, -0.2) is 0 Å². The summed E-state index contributed by atoms with van der Waals surface area (Å²) >= 11 is 4.91. The monoisotopic (exact) mass is 424 g/mol. The molecule has 2 aromatic rings. The van der Waals surface area contributed by atoms with Crippen LogP contribution in [0.4, 0.5) is 0 Å². The summed E-state index contributed by atoms with van der Waals surface area (Å²) in [7, 11) is 4.04. The van der Waals surface area contributed by atoms with Crippen LogP contribution in [-0.4, -0.2) is 48.1 Å². The van der Waals surface area contributed by atoms with Gasteiger partial charge in [0.25, 0.3) is 0 Å². The molecule has 1 aliphatic heterocycles. The number of para-hydroxylation sites is 1. The average Bonchev–Trinajstić information content (AvgIpc) is 2.73. The molecule has 0 saturated carbocycles. The highest BCUT2D eigenvalue weighted by atomic mass is 32.1. The first-order chi connectivity index (χ1) is 14.4. The Morgan fingerprint density at radius 1 is 1.20 bits per heavy atom. The normalized spacial score (nSPS) is 15.9. The van der Waals surface area contributed by atoms with Crippen molar-refractivity contribution in [2.45, 2.75) is 12.8 Å². The van der Waals surface area contributed by atoms with E-state index in [0.717, 1.165) is 16.8 Å². The Morgan fingerprint density at radius 3 is 2.53 bits per heavy atom. The smallest absolute Gasteiger partial charge is 0.184 e. The van der Waals surface area contributed by atoms with E-state index in [2.05, 4.69) is 27.6 Å². The van der Waals surface area contributed by atoms with Crippen LogP contribution in [0.25, 0.3) is 5.76 Å². The molecule has 0 radical (unpaired) electrons. The summed E-state index contributed by atoms with van der Waals surface area (Å²) in [6.07, 6.45) is 0. The molecule has 0 aliphatic carbocycles. The summed E-state index contributed by atoms with van der Waals surface area (Å²) in [5.74, 6) is 0.772. The Morgan fingerprint density at radius 2 is 1.87 bits per heavy atom. The second-order valence-electron chi connectivity index (χ2n) is 7.65. The van der Waals surface area contributed by atoms with Gasteiger partial charge in [-0.3, -0.25) is 5.43 Å². The van der Waals surface area contributed by atoms with Crippen LogP contribution in [0.2, 0.25) is 0 Å². The number of hydrogen-bond donors (Lipinski definition) is 3. The SMILES string of the molecule is CC(=NNC(N)=S)C(CN(C)C)C(C1=C(O)c2ccccc2OC1)c1ccccc1. The second kappa shape index (κ2) is 9.73. The topological polar surface area (TPSA) is 83.1 Å². The molecule has 0 spiro atoms. The van der Waals surface area contributed by atoms with E-state index in [1.165, 1.54) is 0 Å². The number of aliphatic hydroxyl groups excluding tert-OH is 1. The molecule has 0 amide bonds. The minimum atomic E-state index is -0.140. The molecule has 2 unspecified atom stereocenters. The fourth-order valence-electron chi connectivity index (χ4n) is 3.86. The van der Waals surface area contributed by atoms with Gasteiger partial charge in [-0.15, -0.1) is 0 Å². The Labute approximate surface area is 183 Å². The molecular formula is C23H28N4O2S. The molecule has 4 N–H and O–H groups in total. The van der Waals surface area contributed by atoms with E-state index in [1.807, 2.05) is 63.5 Å². The molecule has 1 heterocycles. The molecule has 0 bridgehead atoms. The lowest BCUT2D eigenvalue weighted by Gasteiger charge is -2.34. The van der Waals surface area contributed by atoms with Gasteiger partial charge >= 0.3 is 0 Å². The quantitative estimate of drug-likeness (QED) is 0.358. The Hall–Kier alpha value is -2.90. The lowest BCUT2D eigenvalue weighted by Crippen LogP contribution is -2.36. The molecule has 0 fully saturated rings. The summed E-state index contributed by atoms with van der Waals surface area (Å²) in [5, 5.41) is 15.8. The highest BCUT2D eigenvalue weighted by Gasteiger charge is 2.34. The van der Waals surface area contributed by atoms with E-state index in [9.17, 15) is 5.11 Å². The van der Waals surface area contributed by atoms with Gasteiger partial charge in [-0.05, 0) is 50.9 Å². The number of aliphatic hydroxyl groups is 1. The first kappa shape index (κ1) is 21.8. The molecule has 0 aromatic heterocycles.